The molecule has 0 radical (unpaired) electrons. The van der Waals surface area contributed by atoms with E-state index >= 15 is 0 Å². The molecule has 0 heterocycles. The van der Waals surface area contributed by atoms with Gasteiger partial charge in [-0.15, -0.1) is 0 Å². The topological polar surface area (TPSA) is 23.8 Å². The average molecular weight is 276 g/mol. The molecule has 2 aromatic carbocycles. The first-order chi connectivity index (χ1) is 8.61. The van der Waals surface area contributed by atoms with E-state index in [2.05, 4.69) is 6.07 Å². The monoisotopic (exact) mass is 275 g/mol. The Hall–Kier alpha value is -1.49. The van der Waals surface area contributed by atoms with Gasteiger partial charge < -0.3 is 0 Å². The summed E-state index contributed by atoms with van der Waals surface area (Å²) in [6, 6.07) is 15.3. The molecule has 90 valence electrons. The van der Waals surface area contributed by atoms with E-state index in [4.69, 9.17) is 23.2 Å². The first kappa shape index (κ1) is 13.0. The summed E-state index contributed by atoms with van der Waals surface area (Å²) in [5, 5.41) is 10.6. The molecule has 1 atom stereocenters. The normalized spacial score (nSPS) is 11.9. The number of rotatable bonds is 2. The SMILES string of the molecule is Cc1ccc(Cl)c(C(C#N)c2ccc(Cl)cc2)c1. The Balaban J connectivity index is 2.49. The Morgan fingerprint density at radius 2 is 1.72 bits per heavy atom. The predicted molar refractivity (Wildman–Crippen MR) is 75.1 cm³/mol. The molecule has 18 heavy (non-hydrogen) atoms. The van der Waals surface area contributed by atoms with E-state index in [1.807, 2.05) is 37.3 Å². The van der Waals surface area contributed by atoms with Crippen molar-refractivity contribution in [2.24, 2.45) is 0 Å². The maximum Gasteiger partial charge on any atom is 0.0977 e. The van der Waals surface area contributed by atoms with Crippen LogP contribution in [0.4, 0.5) is 0 Å². The zero-order valence-electron chi connectivity index (χ0n) is 9.82. The third kappa shape index (κ3) is 2.67. The van der Waals surface area contributed by atoms with Gasteiger partial charge in [0.15, 0.2) is 0 Å². The Morgan fingerprint density at radius 3 is 2.33 bits per heavy atom. The quantitative estimate of drug-likeness (QED) is 0.760. The Morgan fingerprint density at radius 1 is 1.06 bits per heavy atom. The van der Waals surface area contributed by atoms with Gasteiger partial charge in [0.05, 0.1) is 12.0 Å². The molecule has 0 fully saturated rings. The lowest BCUT2D eigenvalue weighted by Crippen LogP contribution is -1.99. The van der Waals surface area contributed by atoms with Crippen LogP contribution >= 0.6 is 23.2 Å². The van der Waals surface area contributed by atoms with Crippen molar-refractivity contribution in [3.05, 3.63) is 69.2 Å². The van der Waals surface area contributed by atoms with Crippen LogP contribution in [0.2, 0.25) is 10.0 Å². The number of hydrogen-bond donors (Lipinski definition) is 0. The van der Waals surface area contributed by atoms with Crippen LogP contribution in [0.5, 0.6) is 0 Å². The number of halogens is 2. The first-order valence-corrected chi connectivity index (χ1v) is 6.28. The first-order valence-electron chi connectivity index (χ1n) is 5.53. The minimum atomic E-state index is -0.366. The highest BCUT2D eigenvalue weighted by Crippen LogP contribution is 2.31. The van der Waals surface area contributed by atoms with Crippen LogP contribution in [0.25, 0.3) is 0 Å². The largest absolute Gasteiger partial charge is 0.197 e. The highest BCUT2D eigenvalue weighted by Gasteiger charge is 2.16. The van der Waals surface area contributed by atoms with Crippen molar-refractivity contribution in [3.8, 4) is 6.07 Å². The van der Waals surface area contributed by atoms with E-state index in [-0.39, 0.29) is 5.92 Å². The van der Waals surface area contributed by atoms with Gasteiger partial charge in [-0.1, -0.05) is 53.0 Å². The lowest BCUT2D eigenvalue weighted by molar-refractivity contribution is 1.03. The predicted octanol–water partition coefficient (Wildman–Crippen LogP) is 4.96. The second kappa shape index (κ2) is 5.44. The van der Waals surface area contributed by atoms with Gasteiger partial charge in [-0.05, 0) is 36.2 Å². The van der Waals surface area contributed by atoms with Crippen molar-refractivity contribution in [3.63, 3.8) is 0 Å². The Labute approximate surface area is 117 Å². The van der Waals surface area contributed by atoms with Crippen LogP contribution < -0.4 is 0 Å². The molecule has 1 nitrogen and oxygen atoms in total. The summed E-state index contributed by atoms with van der Waals surface area (Å²) in [6.07, 6.45) is 0. The van der Waals surface area contributed by atoms with Gasteiger partial charge in [0, 0.05) is 10.0 Å². The van der Waals surface area contributed by atoms with E-state index in [1.54, 1.807) is 12.1 Å². The molecule has 2 aromatic rings. The van der Waals surface area contributed by atoms with Gasteiger partial charge in [-0.2, -0.15) is 5.26 Å². The van der Waals surface area contributed by atoms with E-state index in [0.717, 1.165) is 16.7 Å². The van der Waals surface area contributed by atoms with Gasteiger partial charge >= 0.3 is 0 Å². The van der Waals surface area contributed by atoms with E-state index in [1.165, 1.54) is 0 Å². The van der Waals surface area contributed by atoms with Gasteiger partial charge in [-0.3, -0.25) is 0 Å². The van der Waals surface area contributed by atoms with Crippen LogP contribution in [0.15, 0.2) is 42.5 Å². The summed E-state index contributed by atoms with van der Waals surface area (Å²) in [6.45, 7) is 1.98. The molecular weight excluding hydrogens is 265 g/mol. The molecule has 0 spiro atoms. The van der Waals surface area contributed by atoms with Gasteiger partial charge in [-0.25, -0.2) is 0 Å². The van der Waals surface area contributed by atoms with Crippen molar-refractivity contribution in [1.82, 2.24) is 0 Å². The van der Waals surface area contributed by atoms with Crippen LogP contribution in [-0.4, -0.2) is 0 Å². The molecule has 0 aromatic heterocycles. The van der Waals surface area contributed by atoms with Crippen molar-refractivity contribution < 1.29 is 0 Å². The number of benzene rings is 2. The minimum absolute atomic E-state index is 0.366. The minimum Gasteiger partial charge on any atom is -0.197 e. The smallest absolute Gasteiger partial charge is 0.0977 e. The van der Waals surface area contributed by atoms with E-state index < -0.39 is 0 Å². The molecule has 3 heteroatoms. The number of aryl methyl sites for hydroxylation is 1. The molecule has 2 rings (SSSR count). The lowest BCUT2D eigenvalue weighted by atomic mass is 9.92. The second-order valence-electron chi connectivity index (χ2n) is 4.14. The lowest BCUT2D eigenvalue weighted by Gasteiger charge is -2.12. The van der Waals surface area contributed by atoms with Crippen LogP contribution in [0.3, 0.4) is 0 Å². The van der Waals surface area contributed by atoms with E-state index in [0.29, 0.717) is 10.0 Å². The molecule has 0 saturated carbocycles. The second-order valence-corrected chi connectivity index (χ2v) is 4.98. The molecule has 0 saturated heterocycles. The maximum atomic E-state index is 9.38. The molecule has 0 bridgehead atoms. The van der Waals surface area contributed by atoms with Gasteiger partial charge in [0.2, 0.25) is 0 Å². The fourth-order valence-corrected chi connectivity index (χ4v) is 2.22. The zero-order chi connectivity index (χ0) is 13.1. The summed E-state index contributed by atoms with van der Waals surface area (Å²) in [7, 11) is 0. The molecule has 0 amide bonds. The highest BCUT2D eigenvalue weighted by atomic mass is 35.5. The average Bonchev–Trinajstić information content (AvgIpc) is 2.37. The third-order valence-electron chi connectivity index (χ3n) is 2.79. The zero-order valence-corrected chi connectivity index (χ0v) is 11.3. The van der Waals surface area contributed by atoms with Gasteiger partial charge in [0.25, 0.3) is 0 Å². The van der Waals surface area contributed by atoms with Crippen LogP contribution in [0, 0.1) is 18.3 Å². The summed E-state index contributed by atoms with van der Waals surface area (Å²) in [5.74, 6) is -0.366. The highest BCUT2D eigenvalue weighted by molar-refractivity contribution is 6.31. The molecule has 0 aliphatic heterocycles. The van der Waals surface area contributed by atoms with Crippen molar-refractivity contribution >= 4 is 23.2 Å². The van der Waals surface area contributed by atoms with E-state index in [9.17, 15) is 5.26 Å². The fraction of sp³-hybridized carbons (Fsp3) is 0.133. The standard InChI is InChI=1S/C15H11Cl2N/c1-10-2-7-15(17)13(8-10)14(9-18)11-3-5-12(16)6-4-11/h2-8,14H,1H3. The Kier molecular flexibility index (Phi) is 3.91. The summed E-state index contributed by atoms with van der Waals surface area (Å²) in [4.78, 5) is 0. The number of hydrogen-bond acceptors (Lipinski definition) is 1. The van der Waals surface area contributed by atoms with Crippen LogP contribution in [0.1, 0.15) is 22.6 Å². The van der Waals surface area contributed by atoms with Crippen LogP contribution in [-0.2, 0) is 0 Å². The number of nitrogens with zero attached hydrogens (tertiary/aromatic N) is 1. The summed E-state index contributed by atoms with van der Waals surface area (Å²) >= 11 is 12.0. The summed E-state index contributed by atoms with van der Waals surface area (Å²) in [5.41, 5.74) is 2.82. The molecule has 0 N–H and O–H groups in total. The molecular formula is C15H11Cl2N. The van der Waals surface area contributed by atoms with Crippen molar-refractivity contribution in [2.45, 2.75) is 12.8 Å². The fourth-order valence-electron chi connectivity index (χ4n) is 1.86. The van der Waals surface area contributed by atoms with Crippen molar-refractivity contribution in [2.75, 3.05) is 0 Å². The Bertz CT molecular complexity index is 597. The van der Waals surface area contributed by atoms with Crippen molar-refractivity contribution in [1.29, 1.82) is 5.26 Å². The third-order valence-corrected chi connectivity index (χ3v) is 3.39. The van der Waals surface area contributed by atoms with Gasteiger partial charge in [0.1, 0.15) is 0 Å². The molecule has 1 unspecified atom stereocenters. The molecule has 0 aliphatic rings. The number of nitriles is 1. The summed E-state index contributed by atoms with van der Waals surface area (Å²) < 4.78 is 0. The molecule has 0 aliphatic carbocycles. The maximum absolute atomic E-state index is 9.38.